The molecule has 6 heteroatoms. The Morgan fingerprint density at radius 3 is 2.87 bits per heavy atom. The van der Waals surface area contributed by atoms with E-state index in [9.17, 15) is 9.90 Å². The van der Waals surface area contributed by atoms with E-state index in [0.717, 1.165) is 3.57 Å². The van der Waals surface area contributed by atoms with E-state index in [1.54, 1.807) is 6.20 Å². The number of carbonyl (C=O) groups is 1. The van der Waals surface area contributed by atoms with Gasteiger partial charge in [-0.15, -0.1) is 0 Å². The number of amides is 1. The van der Waals surface area contributed by atoms with E-state index in [1.807, 2.05) is 0 Å². The molecule has 15 heavy (non-hydrogen) atoms. The Morgan fingerprint density at radius 2 is 2.33 bits per heavy atom. The molecule has 0 aliphatic carbocycles. The Balaban J connectivity index is 2.41. The van der Waals surface area contributed by atoms with Gasteiger partial charge in [-0.3, -0.25) is 9.78 Å². The summed E-state index contributed by atoms with van der Waals surface area (Å²) in [6, 6.07) is 0. The van der Waals surface area contributed by atoms with Gasteiger partial charge >= 0.3 is 0 Å². The van der Waals surface area contributed by atoms with Crippen LogP contribution in [0.25, 0.3) is 0 Å². The molecule has 1 aromatic heterocycles. The van der Waals surface area contributed by atoms with Gasteiger partial charge in [0.2, 0.25) is 5.91 Å². The summed E-state index contributed by atoms with van der Waals surface area (Å²) in [7, 11) is 0. The van der Waals surface area contributed by atoms with Gasteiger partial charge in [-0.2, -0.15) is 0 Å². The van der Waals surface area contributed by atoms with E-state index in [1.165, 1.54) is 11.1 Å². The number of hydrogen-bond donors (Lipinski definition) is 1. The smallest absolute Gasteiger partial charge is 0.229 e. The van der Waals surface area contributed by atoms with Crippen LogP contribution in [0.3, 0.4) is 0 Å². The van der Waals surface area contributed by atoms with Gasteiger partial charge in [0.05, 0.1) is 33.3 Å². The van der Waals surface area contributed by atoms with E-state index in [0.29, 0.717) is 17.3 Å². The Labute approximate surface area is 105 Å². The van der Waals surface area contributed by atoms with Crippen LogP contribution >= 0.6 is 34.2 Å². The van der Waals surface area contributed by atoms with Crippen molar-refractivity contribution in [3.8, 4) is 0 Å². The predicted octanol–water partition coefficient (Wildman–Crippen LogP) is 1.44. The van der Waals surface area contributed by atoms with Gasteiger partial charge in [0.25, 0.3) is 0 Å². The Bertz CT molecular complexity index is 393. The van der Waals surface area contributed by atoms with Crippen molar-refractivity contribution in [3.63, 3.8) is 0 Å². The minimum Gasteiger partial charge on any atom is -0.391 e. The van der Waals surface area contributed by atoms with E-state index < -0.39 is 6.10 Å². The molecule has 1 unspecified atom stereocenters. The van der Waals surface area contributed by atoms with Crippen LogP contribution in [0.15, 0.2) is 12.4 Å². The number of pyridine rings is 1. The number of nitrogens with zero attached hydrogens (tertiary/aromatic N) is 2. The number of aliphatic hydroxyl groups excluding tert-OH is 1. The molecule has 1 saturated heterocycles. The van der Waals surface area contributed by atoms with Crippen LogP contribution in [0.5, 0.6) is 0 Å². The lowest BCUT2D eigenvalue weighted by atomic mass is 10.3. The summed E-state index contributed by atoms with van der Waals surface area (Å²) >= 11 is 8.05. The highest BCUT2D eigenvalue weighted by Crippen LogP contribution is 2.32. The molecule has 0 aromatic carbocycles. The van der Waals surface area contributed by atoms with Gasteiger partial charge in [-0.1, -0.05) is 11.6 Å². The summed E-state index contributed by atoms with van der Waals surface area (Å²) in [6.07, 6.45) is 2.70. The summed E-state index contributed by atoms with van der Waals surface area (Å²) in [5, 5.41) is 9.82. The molecule has 1 amide bonds. The summed E-state index contributed by atoms with van der Waals surface area (Å²) in [5.41, 5.74) is 0.647. The zero-order chi connectivity index (χ0) is 11.0. The highest BCUT2D eigenvalue weighted by molar-refractivity contribution is 14.1. The summed E-state index contributed by atoms with van der Waals surface area (Å²) in [4.78, 5) is 17.0. The van der Waals surface area contributed by atoms with Crippen LogP contribution in [0.4, 0.5) is 5.69 Å². The maximum Gasteiger partial charge on any atom is 0.229 e. The molecular weight excluding hydrogens is 330 g/mol. The second-order valence-corrected chi connectivity index (χ2v) is 4.88. The Kier molecular flexibility index (Phi) is 3.13. The quantitative estimate of drug-likeness (QED) is 0.788. The van der Waals surface area contributed by atoms with Gasteiger partial charge < -0.3 is 10.0 Å². The maximum absolute atomic E-state index is 11.6. The lowest BCUT2D eigenvalue weighted by Crippen LogP contribution is -2.26. The molecule has 0 radical (unpaired) electrons. The largest absolute Gasteiger partial charge is 0.391 e. The first-order chi connectivity index (χ1) is 7.09. The molecule has 1 aliphatic heterocycles. The van der Waals surface area contributed by atoms with Crippen molar-refractivity contribution in [1.82, 2.24) is 4.98 Å². The lowest BCUT2D eigenvalue weighted by Gasteiger charge is -2.18. The number of aliphatic hydroxyl groups is 1. The minimum absolute atomic E-state index is 0.103. The maximum atomic E-state index is 11.6. The number of hydrogen-bond acceptors (Lipinski definition) is 3. The number of aromatic nitrogens is 1. The van der Waals surface area contributed by atoms with Crippen molar-refractivity contribution in [3.05, 3.63) is 21.0 Å². The molecule has 1 aromatic rings. The molecule has 1 fully saturated rings. The number of anilines is 1. The van der Waals surface area contributed by atoms with Crippen molar-refractivity contribution in [1.29, 1.82) is 0 Å². The van der Waals surface area contributed by atoms with E-state index in [2.05, 4.69) is 27.6 Å². The first kappa shape index (κ1) is 11.1. The van der Waals surface area contributed by atoms with Crippen molar-refractivity contribution in [2.24, 2.45) is 0 Å². The van der Waals surface area contributed by atoms with Crippen molar-refractivity contribution >= 4 is 45.8 Å². The molecule has 1 aliphatic rings. The predicted molar refractivity (Wildman–Crippen MR) is 64.9 cm³/mol. The van der Waals surface area contributed by atoms with Crippen LogP contribution in [0.2, 0.25) is 5.02 Å². The second kappa shape index (κ2) is 4.23. The highest BCUT2D eigenvalue weighted by Gasteiger charge is 2.31. The average molecular weight is 339 g/mol. The number of rotatable bonds is 1. The minimum atomic E-state index is -0.600. The SMILES string of the molecule is O=C1CC(O)CN1c1c(Cl)cncc1I. The molecule has 0 spiro atoms. The fourth-order valence-electron chi connectivity index (χ4n) is 1.57. The molecule has 1 N–H and O–H groups in total. The fraction of sp³-hybridized carbons (Fsp3) is 0.333. The van der Waals surface area contributed by atoms with E-state index >= 15 is 0 Å². The van der Waals surface area contributed by atoms with Crippen LogP contribution < -0.4 is 4.90 Å². The third-order valence-electron chi connectivity index (χ3n) is 2.20. The molecule has 2 heterocycles. The zero-order valence-electron chi connectivity index (χ0n) is 7.65. The first-order valence-corrected chi connectivity index (χ1v) is 5.82. The topological polar surface area (TPSA) is 53.4 Å². The molecular formula is C9H8ClIN2O2. The molecule has 4 nitrogen and oxygen atoms in total. The molecule has 2 rings (SSSR count). The normalized spacial score (nSPS) is 21.1. The van der Waals surface area contributed by atoms with Gasteiger partial charge in [-0.25, -0.2) is 0 Å². The third-order valence-corrected chi connectivity index (χ3v) is 3.27. The second-order valence-electron chi connectivity index (χ2n) is 3.31. The Hall–Kier alpha value is -0.400. The van der Waals surface area contributed by atoms with Crippen LogP contribution in [0, 0.1) is 3.57 Å². The van der Waals surface area contributed by atoms with Gasteiger partial charge in [0, 0.05) is 12.4 Å². The highest BCUT2D eigenvalue weighted by atomic mass is 127. The summed E-state index contributed by atoms with van der Waals surface area (Å²) < 4.78 is 0.808. The summed E-state index contributed by atoms with van der Waals surface area (Å²) in [5.74, 6) is -0.103. The fourth-order valence-corrected chi connectivity index (χ4v) is 2.73. The van der Waals surface area contributed by atoms with Gasteiger partial charge in [0.1, 0.15) is 0 Å². The van der Waals surface area contributed by atoms with Crippen molar-refractivity contribution in [2.45, 2.75) is 12.5 Å². The van der Waals surface area contributed by atoms with E-state index in [-0.39, 0.29) is 12.3 Å². The van der Waals surface area contributed by atoms with E-state index in [4.69, 9.17) is 11.6 Å². The lowest BCUT2D eigenvalue weighted by molar-refractivity contribution is -0.117. The monoisotopic (exact) mass is 338 g/mol. The van der Waals surface area contributed by atoms with Crippen LogP contribution in [-0.2, 0) is 4.79 Å². The average Bonchev–Trinajstić information content (AvgIpc) is 2.45. The molecule has 80 valence electrons. The van der Waals surface area contributed by atoms with Crippen LogP contribution in [0.1, 0.15) is 6.42 Å². The molecule has 0 bridgehead atoms. The molecule has 1 atom stereocenters. The van der Waals surface area contributed by atoms with Gasteiger partial charge in [-0.05, 0) is 22.6 Å². The van der Waals surface area contributed by atoms with Crippen molar-refractivity contribution in [2.75, 3.05) is 11.4 Å². The number of β-amino-alcohol motifs (C(OH)–C–C–N with tert-alkyl or cyclic N) is 1. The van der Waals surface area contributed by atoms with Crippen LogP contribution in [-0.4, -0.2) is 28.6 Å². The third kappa shape index (κ3) is 2.09. The molecule has 0 saturated carbocycles. The zero-order valence-corrected chi connectivity index (χ0v) is 10.6. The Morgan fingerprint density at radius 1 is 1.60 bits per heavy atom. The number of halogens is 2. The number of carbonyl (C=O) groups excluding carboxylic acids is 1. The summed E-state index contributed by atoms with van der Waals surface area (Å²) in [6.45, 7) is 0.304. The first-order valence-electron chi connectivity index (χ1n) is 4.37. The van der Waals surface area contributed by atoms with Gasteiger partial charge in [0.15, 0.2) is 0 Å². The van der Waals surface area contributed by atoms with Crippen molar-refractivity contribution < 1.29 is 9.90 Å². The standard InChI is InChI=1S/C9H8ClIN2O2/c10-6-2-12-3-7(11)9(6)13-4-5(14)1-8(13)15/h2-3,5,14H,1,4H2.